The Morgan fingerprint density at radius 2 is 0.846 bits per heavy atom. The van der Waals surface area contributed by atoms with Crippen molar-refractivity contribution in [2.24, 2.45) is 0 Å². The van der Waals surface area contributed by atoms with Gasteiger partial charge >= 0.3 is 0 Å². The molecule has 0 bridgehead atoms. The molecule has 0 radical (unpaired) electrons. The van der Waals surface area contributed by atoms with Crippen molar-refractivity contribution in [3.05, 3.63) is 48.5 Å². The van der Waals surface area contributed by atoms with Crippen LogP contribution in [0.1, 0.15) is 0 Å². The first-order chi connectivity index (χ1) is 12.3. The molecule has 0 saturated carbocycles. The molecule has 0 aliphatic rings. The summed E-state index contributed by atoms with van der Waals surface area (Å²) in [6.45, 7) is 0. The summed E-state index contributed by atoms with van der Waals surface area (Å²) >= 11 is 2.44. The average Bonchev–Trinajstić information content (AvgIpc) is 2.62. The average molecular weight is 425 g/mol. The molecule has 4 nitrogen and oxygen atoms in total. The Balaban J connectivity index is 1.86. The highest BCUT2D eigenvalue weighted by molar-refractivity contribution is 8.76. The van der Waals surface area contributed by atoms with E-state index in [0.29, 0.717) is 0 Å². The molecule has 0 aliphatic heterocycles. The Bertz CT molecular complexity index is 681. The van der Waals surface area contributed by atoms with E-state index < -0.39 is 0 Å². The number of rotatable bonds is 5. The molecule has 0 aliphatic carbocycles. The smallest absolute Gasteiger partial charge is 0.285 e. The Morgan fingerprint density at radius 3 is 1.12 bits per heavy atom. The monoisotopic (exact) mass is 424 g/mol. The number of benzene rings is 2. The molecular weight excluding hydrogens is 404 g/mol. The van der Waals surface area contributed by atoms with E-state index in [1.54, 1.807) is 59.6 Å². The van der Waals surface area contributed by atoms with Crippen LogP contribution < -0.4 is 0 Å². The predicted molar refractivity (Wildman–Crippen MR) is 114 cm³/mol. The Morgan fingerprint density at radius 1 is 0.577 bits per heavy atom. The fourth-order valence-corrected chi connectivity index (χ4v) is 4.85. The summed E-state index contributed by atoms with van der Waals surface area (Å²) in [5.74, 6) is 0. The normalized spacial score (nSPS) is 10.5. The summed E-state index contributed by atoms with van der Waals surface area (Å²) in [5, 5.41) is 0.0379. The quantitative estimate of drug-likeness (QED) is 0.431. The van der Waals surface area contributed by atoms with Crippen LogP contribution in [0.5, 0.6) is 0 Å². The molecule has 2 aromatic rings. The van der Waals surface area contributed by atoms with E-state index in [0.717, 1.165) is 19.6 Å². The van der Waals surface area contributed by atoms with Crippen molar-refractivity contribution >= 4 is 55.6 Å². The van der Waals surface area contributed by atoms with Gasteiger partial charge in [-0.15, -0.1) is 0 Å². The number of nitrogens with zero attached hydrogens (tertiary/aromatic N) is 2. The van der Waals surface area contributed by atoms with Gasteiger partial charge in [-0.3, -0.25) is 9.59 Å². The van der Waals surface area contributed by atoms with Crippen molar-refractivity contribution in [1.29, 1.82) is 0 Å². The maximum absolute atomic E-state index is 11.7. The Kier molecular flexibility index (Phi) is 8.27. The molecule has 0 atom stereocenters. The molecule has 0 aromatic heterocycles. The van der Waals surface area contributed by atoms with Gasteiger partial charge in [0.05, 0.1) is 0 Å². The maximum atomic E-state index is 11.7. The summed E-state index contributed by atoms with van der Waals surface area (Å²) < 4.78 is 0. The van der Waals surface area contributed by atoms with Crippen molar-refractivity contribution in [3.8, 4) is 0 Å². The first-order valence-corrected chi connectivity index (χ1v) is 11.5. The lowest BCUT2D eigenvalue weighted by Crippen LogP contribution is -2.15. The lowest BCUT2D eigenvalue weighted by Gasteiger charge is -2.09. The minimum absolute atomic E-state index is 0.0190. The Hall–Kier alpha value is -1.22. The van der Waals surface area contributed by atoms with E-state index >= 15 is 0 Å². The zero-order valence-corrected chi connectivity index (χ0v) is 18.2. The van der Waals surface area contributed by atoms with Gasteiger partial charge in [0.2, 0.25) is 0 Å². The SMILES string of the molecule is CN(C)C(=O)Sc1ccc(SSc2ccc(SC(=O)N(C)C)cc2)cc1. The zero-order chi connectivity index (χ0) is 19.1. The van der Waals surface area contributed by atoms with Gasteiger partial charge in [-0.05, 0) is 72.1 Å². The van der Waals surface area contributed by atoms with Crippen molar-refractivity contribution in [3.63, 3.8) is 0 Å². The summed E-state index contributed by atoms with van der Waals surface area (Å²) in [4.78, 5) is 30.6. The van der Waals surface area contributed by atoms with Gasteiger partial charge in [0.25, 0.3) is 10.5 Å². The second-order valence-electron chi connectivity index (χ2n) is 5.63. The van der Waals surface area contributed by atoms with E-state index in [9.17, 15) is 9.59 Å². The van der Waals surface area contributed by atoms with Crippen molar-refractivity contribution in [1.82, 2.24) is 9.80 Å². The molecule has 8 heteroatoms. The fourth-order valence-electron chi connectivity index (χ4n) is 1.61. The van der Waals surface area contributed by atoms with E-state index in [-0.39, 0.29) is 10.5 Å². The molecule has 2 aromatic carbocycles. The van der Waals surface area contributed by atoms with Crippen LogP contribution in [-0.4, -0.2) is 48.5 Å². The first-order valence-electron chi connectivity index (χ1n) is 7.68. The molecule has 0 N–H and O–H groups in total. The standard InChI is InChI=1S/C18H20N2O2S4/c1-19(2)17(21)23-13-5-9-15(10-6-13)25-26-16-11-7-14(8-12-16)24-18(22)20(3)4/h5-12H,1-4H3. The van der Waals surface area contributed by atoms with Crippen molar-refractivity contribution in [2.45, 2.75) is 19.6 Å². The van der Waals surface area contributed by atoms with E-state index in [1.807, 2.05) is 48.5 Å². The fraction of sp³-hybridized carbons (Fsp3) is 0.222. The maximum Gasteiger partial charge on any atom is 0.285 e. The van der Waals surface area contributed by atoms with Gasteiger partial charge < -0.3 is 9.80 Å². The summed E-state index contributed by atoms with van der Waals surface area (Å²) in [6.07, 6.45) is 0. The minimum atomic E-state index is 0.0190. The van der Waals surface area contributed by atoms with Gasteiger partial charge in [0, 0.05) is 47.8 Å². The highest BCUT2D eigenvalue weighted by Gasteiger charge is 2.08. The van der Waals surface area contributed by atoms with Crippen LogP contribution in [-0.2, 0) is 0 Å². The zero-order valence-electron chi connectivity index (χ0n) is 15.0. The third-order valence-electron chi connectivity index (χ3n) is 3.02. The van der Waals surface area contributed by atoms with E-state index in [1.165, 1.54) is 23.5 Å². The molecule has 0 unspecified atom stereocenters. The van der Waals surface area contributed by atoms with Crippen molar-refractivity contribution in [2.75, 3.05) is 28.2 Å². The number of hydrogen-bond donors (Lipinski definition) is 0. The predicted octanol–water partition coefficient (Wildman–Crippen LogP) is 6.03. The third kappa shape index (κ3) is 6.83. The Labute approximate surface area is 170 Å². The number of carbonyl (C=O) groups excluding carboxylic acids is 2. The molecule has 0 spiro atoms. The van der Waals surface area contributed by atoms with E-state index in [2.05, 4.69) is 0 Å². The molecule has 2 amide bonds. The summed E-state index contributed by atoms with van der Waals surface area (Å²) in [5.41, 5.74) is 0. The van der Waals surface area contributed by atoms with Gasteiger partial charge in [-0.1, -0.05) is 21.6 Å². The van der Waals surface area contributed by atoms with Crippen LogP contribution in [0.15, 0.2) is 68.1 Å². The molecule has 2 rings (SSSR count). The second kappa shape index (κ2) is 10.2. The topological polar surface area (TPSA) is 40.6 Å². The van der Waals surface area contributed by atoms with Gasteiger partial charge in [-0.2, -0.15) is 0 Å². The van der Waals surface area contributed by atoms with Crippen LogP contribution >= 0.6 is 45.1 Å². The summed E-state index contributed by atoms with van der Waals surface area (Å²) in [6, 6.07) is 15.9. The molecule has 138 valence electrons. The number of thioether (sulfide) groups is 2. The highest BCUT2D eigenvalue weighted by Crippen LogP contribution is 2.38. The van der Waals surface area contributed by atoms with Crippen LogP contribution in [0.3, 0.4) is 0 Å². The molecule has 0 fully saturated rings. The minimum Gasteiger partial charge on any atom is -0.339 e. The lowest BCUT2D eigenvalue weighted by atomic mass is 10.4. The van der Waals surface area contributed by atoms with Crippen molar-refractivity contribution < 1.29 is 9.59 Å². The first kappa shape index (κ1) is 21.1. The van der Waals surface area contributed by atoms with Gasteiger partial charge in [-0.25, -0.2) is 0 Å². The molecular formula is C18H20N2O2S4. The molecule has 0 saturated heterocycles. The van der Waals surface area contributed by atoms with Gasteiger partial charge in [0.15, 0.2) is 0 Å². The largest absolute Gasteiger partial charge is 0.339 e. The summed E-state index contributed by atoms with van der Waals surface area (Å²) in [7, 11) is 10.3. The van der Waals surface area contributed by atoms with E-state index in [4.69, 9.17) is 0 Å². The molecule has 0 heterocycles. The molecule has 26 heavy (non-hydrogen) atoms. The van der Waals surface area contributed by atoms with Crippen LogP contribution in [0.25, 0.3) is 0 Å². The lowest BCUT2D eigenvalue weighted by molar-refractivity contribution is 0.240. The third-order valence-corrected chi connectivity index (χ3v) is 7.53. The number of carbonyl (C=O) groups is 2. The second-order valence-corrected chi connectivity index (χ2v) is 9.96. The number of amides is 2. The van der Waals surface area contributed by atoms with Crippen LogP contribution in [0.4, 0.5) is 9.59 Å². The van der Waals surface area contributed by atoms with Crippen LogP contribution in [0.2, 0.25) is 0 Å². The van der Waals surface area contributed by atoms with Crippen LogP contribution in [0, 0.1) is 0 Å². The number of hydrogen-bond acceptors (Lipinski definition) is 6. The van der Waals surface area contributed by atoms with Gasteiger partial charge in [0.1, 0.15) is 0 Å². The highest BCUT2D eigenvalue weighted by atomic mass is 33.1.